The fraction of sp³-hybridized carbons (Fsp3) is 0.385. The minimum Gasteiger partial charge on any atom is -0.349 e. The number of fused-ring (bicyclic) bond motifs is 1. The molecule has 0 saturated heterocycles. The van der Waals surface area contributed by atoms with Gasteiger partial charge in [-0.3, -0.25) is 4.79 Å². The molecule has 4 heteroatoms. The zero-order valence-corrected chi connectivity index (χ0v) is 18.1. The van der Waals surface area contributed by atoms with Gasteiger partial charge < -0.3 is 10.6 Å². The average molecular weight is 402 g/mol. The number of amides is 1. The molecule has 1 aliphatic carbocycles. The van der Waals surface area contributed by atoms with E-state index in [0.29, 0.717) is 23.2 Å². The van der Waals surface area contributed by atoms with E-state index in [1.165, 1.54) is 18.4 Å². The van der Waals surface area contributed by atoms with Gasteiger partial charge in [0, 0.05) is 17.1 Å². The Morgan fingerprint density at radius 3 is 2.60 bits per heavy atom. The second-order valence-corrected chi connectivity index (χ2v) is 8.59. The first-order valence-electron chi connectivity index (χ1n) is 11.1. The number of nitrogens with zero attached hydrogens (tertiary/aromatic N) is 1. The minimum atomic E-state index is -0.0102. The van der Waals surface area contributed by atoms with E-state index in [1.54, 1.807) is 0 Å². The first kappa shape index (κ1) is 20.4. The van der Waals surface area contributed by atoms with Crippen LogP contribution in [0.3, 0.4) is 0 Å². The molecular weight excluding hydrogens is 370 g/mol. The molecule has 1 amide bonds. The van der Waals surface area contributed by atoms with Gasteiger partial charge in [-0.25, -0.2) is 4.98 Å². The summed E-state index contributed by atoms with van der Waals surface area (Å²) in [5.41, 5.74) is 3.76. The Morgan fingerprint density at radius 2 is 1.83 bits per heavy atom. The van der Waals surface area contributed by atoms with Crippen molar-refractivity contribution in [1.82, 2.24) is 10.3 Å². The highest BCUT2D eigenvalue weighted by Gasteiger charge is 2.28. The lowest BCUT2D eigenvalue weighted by molar-refractivity contribution is 0.0892. The predicted molar refractivity (Wildman–Crippen MR) is 124 cm³/mol. The van der Waals surface area contributed by atoms with Gasteiger partial charge in [0.15, 0.2) is 0 Å². The summed E-state index contributed by atoms with van der Waals surface area (Å²) in [5.74, 6) is 1.81. The zero-order valence-electron chi connectivity index (χ0n) is 18.1. The number of aromatic nitrogens is 1. The summed E-state index contributed by atoms with van der Waals surface area (Å²) in [6.07, 6.45) is 4.48. The lowest BCUT2D eigenvalue weighted by Crippen LogP contribution is -2.43. The summed E-state index contributed by atoms with van der Waals surface area (Å²) in [6, 6.07) is 18.3. The quantitative estimate of drug-likeness (QED) is 0.543. The summed E-state index contributed by atoms with van der Waals surface area (Å²) in [5, 5.41) is 7.58. The van der Waals surface area contributed by atoms with E-state index < -0.39 is 0 Å². The monoisotopic (exact) mass is 401 g/mol. The van der Waals surface area contributed by atoms with Crippen molar-refractivity contribution in [2.24, 2.45) is 11.8 Å². The molecule has 1 aliphatic rings. The molecular formula is C26H31N3O. The lowest BCUT2D eigenvalue weighted by Gasteiger charge is -2.34. The summed E-state index contributed by atoms with van der Waals surface area (Å²) >= 11 is 0. The third kappa shape index (κ3) is 4.33. The number of carbonyl (C=O) groups excluding carboxylic acids is 1. The molecule has 3 aromatic rings. The summed E-state index contributed by atoms with van der Waals surface area (Å²) < 4.78 is 0. The Kier molecular flexibility index (Phi) is 6.03. The van der Waals surface area contributed by atoms with E-state index in [-0.39, 0.29) is 11.9 Å². The SMILES string of the molecule is CCc1ccc(Nc2cc(C(=O)N[C@@H]3CCC[C@@H](C)[C@@H]3C)c3ccccc3n2)cc1. The fourth-order valence-electron chi connectivity index (χ4n) is 4.43. The molecule has 0 unspecified atom stereocenters. The molecule has 0 bridgehead atoms. The second-order valence-electron chi connectivity index (χ2n) is 8.59. The van der Waals surface area contributed by atoms with Crippen molar-refractivity contribution < 1.29 is 4.79 Å². The van der Waals surface area contributed by atoms with Gasteiger partial charge in [0.25, 0.3) is 5.91 Å². The highest BCUT2D eigenvalue weighted by Crippen LogP contribution is 2.30. The van der Waals surface area contributed by atoms with Crippen LogP contribution in [-0.4, -0.2) is 16.9 Å². The highest BCUT2D eigenvalue weighted by molar-refractivity contribution is 6.07. The Bertz CT molecular complexity index is 1030. The van der Waals surface area contributed by atoms with Crippen molar-refractivity contribution in [3.8, 4) is 0 Å². The number of para-hydroxylation sites is 1. The smallest absolute Gasteiger partial charge is 0.252 e. The van der Waals surface area contributed by atoms with Crippen LogP contribution >= 0.6 is 0 Å². The molecule has 2 aromatic carbocycles. The van der Waals surface area contributed by atoms with Crippen LogP contribution in [0, 0.1) is 11.8 Å². The van der Waals surface area contributed by atoms with Crippen LogP contribution in [-0.2, 0) is 6.42 Å². The number of pyridine rings is 1. The first-order valence-corrected chi connectivity index (χ1v) is 11.1. The van der Waals surface area contributed by atoms with Crippen LogP contribution in [0.1, 0.15) is 56.0 Å². The van der Waals surface area contributed by atoms with Crippen LogP contribution < -0.4 is 10.6 Å². The Labute approximate surface area is 179 Å². The summed E-state index contributed by atoms with van der Waals surface area (Å²) in [6.45, 7) is 6.69. The Hall–Kier alpha value is -2.88. The number of hydrogen-bond donors (Lipinski definition) is 2. The molecule has 1 saturated carbocycles. The van der Waals surface area contributed by atoms with E-state index in [0.717, 1.165) is 29.4 Å². The average Bonchev–Trinajstić information content (AvgIpc) is 2.77. The first-order chi connectivity index (χ1) is 14.5. The second kappa shape index (κ2) is 8.86. The molecule has 1 aromatic heterocycles. The zero-order chi connectivity index (χ0) is 21.1. The number of anilines is 2. The third-order valence-corrected chi connectivity index (χ3v) is 6.62. The van der Waals surface area contributed by atoms with Gasteiger partial charge in [0.05, 0.1) is 11.1 Å². The Balaban J connectivity index is 1.63. The molecule has 1 fully saturated rings. The van der Waals surface area contributed by atoms with Gasteiger partial charge in [-0.15, -0.1) is 0 Å². The van der Waals surface area contributed by atoms with E-state index in [9.17, 15) is 4.79 Å². The molecule has 0 aliphatic heterocycles. The van der Waals surface area contributed by atoms with Crippen molar-refractivity contribution in [3.63, 3.8) is 0 Å². The van der Waals surface area contributed by atoms with Crippen LogP contribution in [0.2, 0.25) is 0 Å². The summed E-state index contributed by atoms with van der Waals surface area (Å²) in [4.78, 5) is 18.0. The maximum atomic E-state index is 13.3. The van der Waals surface area contributed by atoms with Crippen molar-refractivity contribution in [1.29, 1.82) is 0 Å². The molecule has 4 nitrogen and oxygen atoms in total. The van der Waals surface area contributed by atoms with Crippen LogP contribution in [0.4, 0.5) is 11.5 Å². The molecule has 3 atom stereocenters. The number of rotatable bonds is 5. The fourth-order valence-corrected chi connectivity index (χ4v) is 4.43. The third-order valence-electron chi connectivity index (χ3n) is 6.62. The number of carbonyl (C=O) groups is 1. The molecule has 30 heavy (non-hydrogen) atoms. The van der Waals surface area contributed by atoms with Crippen molar-refractivity contribution in [3.05, 3.63) is 65.7 Å². The molecule has 2 N–H and O–H groups in total. The minimum absolute atomic E-state index is 0.0102. The maximum Gasteiger partial charge on any atom is 0.252 e. The number of aryl methyl sites for hydroxylation is 1. The van der Waals surface area contributed by atoms with Crippen LogP contribution in [0.5, 0.6) is 0 Å². The van der Waals surface area contributed by atoms with E-state index >= 15 is 0 Å². The van der Waals surface area contributed by atoms with Crippen molar-refractivity contribution >= 4 is 28.3 Å². The van der Waals surface area contributed by atoms with Gasteiger partial charge in [0.1, 0.15) is 5.82 Å². The van der Waals surface area contributed by atoms with Gasteiger partial charge in [-0.05, 0) is 54.5 Å². The molecule has 0 spiro atoms. The van der Waals surface area contributed by atoms with Crippen LogP contribution in [0.15, 0.2) is 54.6 Å². The normalized spacial score (nSPS) is 21.4. The van der Waals surface area contributed by atoms with Crippen molar-refractivity contribution in [2.45, 2.75) is 52.5 Å². The van der Waals surface area contributed by atoms with Gasteiger partial charge >= 0.3 is 0 Å². The number of nitrogens with one attached hydrogen (secondary N) is 2. The van der Waals surface area contributed by atoms with Crippen molar-refractivity contribution in [2.75, 3.05) is 5.32 Å². The number of benzene rings is 2. The molecule has 4 rings (SSSR count). The van der Waals surface area contributed by atoms with Gasteiger partial charge in [-0.2, -0.15) is 0 Å². The van der Waals surface area contributed by atoms with E-state index in [1.807, 2.05) is 30.3 Å². The highest BCUT2D eigenvalue weighted by atomic mass is 16.1. The van der Waals surface area contributed by atoms with E-state index in [2.05, 4.69) is 55.7 Å². The summed E-state index contributed by atoms with van der Waals surface area (Å²) in [7, 11) is 0. The van der Waals surface area contributed by atoms with Gasteiger partial charge in [-0.1, -0.05) is 63.9 Å². The molecule has 0 radical (unpaired) electrons. The van der Waals surface area contributed by atoms with Gasteiger partial charge in [0.2, 0.25) is 0 Å². The maximum absolute atomic E-state index is 13.3. The predicted octanol–water partition coefficient (Wildman–Crippen LogP) is 6.10. The lowest BCUT2D eigenvalue weighted by atomic mass is 9.78. The van der Waals surface area contributed by atoms with Crippen LogP contribution in [0.25, 0.3) is 10.9 Å². The molecule has 1 heterocycles. The topological polar surface area (TPSA) is 54.0 Å². The van der Waals surface area contributed by atoms with E-state index in [4.69, 9.17) is 4.98 Å². The largest absolute Gasteiger partial charge is 0.349 e. The molecule has 156 valence electrons. The Morgan fingerprint density at radius 1 is 1.07 bits per heavy atom. The standard InChI is InChI=1S/C26H31N3O/c1-4-19-12-14-20(15-13-19)27-25-16-22(21-9-5-6-10-24(21)28-25)26(30)29-23-11-7-8-17(2)18(23)3/h5-6,9-10,12-18,23H,4,7-8,11H2,1-3H3,(H,27,28)(H,29,30)/t17-,18+,23-/m1/s1. The number of hydrogen-bond acceptors (Lipinski definition) is 3.